The maximum Gasteiger partial charge on any atom is 0.238 e. The summed E-state index contributed by atoms with van der Waals surface area (Å²) in [5, 5.41) is 4.84. The normalized spacial score (nSPS) is 13.9. The van der Waals surface area contributed by atoms with Crippen molar-refractivity contribution in [2.75, 3.05) is 12.0 Å². The lowest BCUT2D eigenvalue weighted by Gasteiger charge is -2.21. The molecule has 2 N–H and O–H groups in total. The van der Waals surface area contributed by atoms with E-state index in [-0.39, 0.29) is 0 Å². The van der Waals surface area contributed by atoms with E-state index in [1.54, 1.807) is 37.3 Å². The molecule has 1 amide bonds. The van der Waals surface area contributed by atoms with Gasteiger partial charge in [0.2, 0.25) is 15.9 Å². The number of hydrogen-bond acceptors (Lipinski definition) is 4. The van der Waals surface area contributed by atoms with E-state index < -0.39 is 28.0 Å². The molecule has 0 fully saturated rings. The van der Waals surface area contributed by atoms with Gasteiger partial charge in [0.05, 0.1) is 6.04 Å². The summed E-state index contributed by atoms with van der Waals surface area (Å²) in [4.78, 5) is 12.8. The molecule has 0 aliphatic heterocycles. The first-order valence-electron chi connectivity index (χ1n) is 9.21. The summed E-state index contributed by atoms with van der Waals surface area (Å²) in [6.45, 7) is 1.78. The predicted octanol–water partition coefficient (Wildman–Crippen LogP) is 4.88. The van der Waals surface area contributed by atoms with E-state index in [1.165, 1.54) is 17.8 Å². The summed E-state index contributed by atoms with van der Waals surface area (Å²) in [5.74, 6) is 0.207. The van der Waals surface area contributed by atoms with Gasteiger partial charge in [0.25, 0.3) is 0 Å². The van der Waals surface area contributed by atoms with Gasteiger partial charge in [-0.1, -0.05) is 59.6 Å². The monoisotopic (exact) mass is 486 g/mol. The van der Waals surface area contributed by atoms with Gasteiger partial charge < -0.3 is 5.32 Å². The number of nitrogens with one attached hydrogen (secondary N) is 2. The van der Waals surface area contributed by atoms with Crippen molar-refractivity contribution in [3.05, 3.63) is 75.1 Å². The highest BCUT2D eigenvalue weighted by molar-refractivity contribution is 7.98. The maximum atomic E-state index is 12.8. The molecule has 0 radical (unpaired) electrons. The molecule has 5 nitrogen and oxygen atoms in total. The van der Waals surface area contributed by atoms with Crippen molar-refractivity contribution in [3.63, 3.8) is 0 Å². The Morgan fingerprint density at radius 1 is 1.17 bits per heavy atom. The molecule has 0 bridgehead atoms. The van der Waals surface area contributed by atoms with Crippen molar-refractivity contribution in [2.45, 2.75) is 25.4 Å². The van der Waals surface area contributed by atoms with Crippen LogP contribution in [0.1, 0.15) is 30.5 Å². The second-order valence-electron chi connectivity index (χ2n) is 6.61. The summed E-state index contributed by atoms with van der Waals surface area (Å²) in [6.07, 6.45) is 3.74. The van der Waals surface area contributed by atoms with Crippen LogP contribution >= 0.6 is 35.0 Å². The molecule has 2 aromatic carbocycles. The van der Waals surface area contributed by atoms with Crippen LogP contribution in [-0.2, 0) is 14.8 Å². The average molecular weight is 487 g/mol. The van der Waals surface area contributed by atoms with Crippen molar-refractivity contribution in [2.24, 2.45) is 0 Å². The molecule has 2 atom stereocenters. The van der Waals surface area contributed by atoms with Crippen LogP contribution in [0.4, 0.5) is 0 Å². The molecule has 0 aromatic heterocycles. The Bertz CT molecular complexity index is 983. The van der Waals surface area contributed by atoms with Crippen LogP contribution in [-0.4, -0.2) is 32.4 Å². The number of carbonyl (C=O) groups is 1. The summed E-state index contributed by atoms with van der Waals surface area (Å²) < 4.78 is 27.5. The number of sulfonamides is 1. The minimum Gasteiger partial charge on any atom is -0.348 e. The number of thioether (sulfide) groups is 1. The Balaban J connectivity index is 2.11. The van der Waals surface area contributed by atoms with E-state index in [0.29, 0.717) is 27.8 Å². The van der Waals surface area contributed by atoms with Gasteiger partial charge in [-0.2, -0.15) is 16.5 Å². The first kappa shape index (κ1) is 24.8. The largest absolute Gasteiger partial charge is 0.348 e. The SMILES string of the molecule is CSCCC(NS(=O)(=O)/C=C/c1ccccc1)C(=O)NC(C)c1ccc(Cl)cc1Cl. The van der Waals surface area contributed by atoms with Crippen LogP contribution in [0.2, 0.25) is 10.0 Å². The number of halogens is 2. The predicted molar refractivity (Wildman–Crippen MR) is 127 cm³/mol. The fourth-order valence-electron chi connectivity index (χ4n) is 2.69. The summed E-state index contributed by atoms with van der Waals surface area (Å²) in [7, 11) is -3.81. The van der Waals surface area contributed by atoms with Crippen LogP contribution in [0.15, 0.2) is 53.9 Å². The van der Waals surface area contributed by atoms with Crippen LogP contribution in [0, 0.1) is 0 Å². The summed E-state index contributed by atoms with van der Waals surface area (Å²) in [6, 6.07) is 12.8. The molecule has 0 saturated carbocycles. The lowest BCUT2D eigenvalue weighted by atomic mass is 10.1. The second-order valence-corrected chi connectivity index (χ2v) is 10.0. The van der Waals surface area contributed by atoms with Crippen molar-refractivity contribution >= 4 is 57.0 Å². The lowest BCUT2D eigenvalue weighted by molar-refractivity contribution is -0.123. The molecule has 9 heteroatoms. The van der Waals surface area contributed by atoms with E-state index in [2.05, 4.69) is 10.0 Å². The van der Waals surface area contributed by atoms with Crippen LogP contribution < -0.4 is 10.0 Å². The quantitative estimate of drug-likeness (QED) is 0.501. The fraction of sp³-hybridized carbons (Fsp3) is 0.286. The number of hydrogen-bond donors (Lipinski definition) is 2. The van der Waals surface area contributed by atoms with E-state index in [9.17, 15) is 13.2 Å². The third-order valence-electron chi connectivity index (χ3n) is 4.26. The highest BCUT2D eigenvalue weighted by atomic mass is 35.5. The molecule has 0 saturated heterocycles. The van der Waals surface area contributed by atoms with Crippen molar-refractivity contribution in [3.8, 4) is 0 Å². The topological polar surface area (TPSA) is 75.3 Å². The molecule has 2 rings (SSSR count). The third kappa shape index (κ3) is 7.96. The van der Waals surface area contributed by atoms with E-state index >= 15 is 0 Å². The number of rotatable bonds is 10. The van der Waals surface area contributed by atoms with Gasteiger partial charge in [-0.25, -0.2) is 8.42 Å². The molecular weight excluding hydrogens is 463 g/mol. The van der Waals surface area contributed by atoms with Gasteiger partial charge in [0, 0.05) is 15.5 Å². The van der Waals surface area contributed by atoms with Crippen LogP contribution in [0.5, 0.6) is 0 Å². The zero-order chi connectivity index (χ0) is 22.1. The highest BCUT2D eigenvalue weighted by Crippen LogP contribution is 2.26. The Hall–Kier alpha value is -1.51. The van der Waals surface area contributed by atoms with E-state index in [4.69, 9.17) is 23.2 Å². The second kappa shape index (κ2) is 11.8. The van der Waals surface area contributed by atoms with E-state index in [0.717, 1.165) is 11.0 Å². The Kier molecular flexibility index (Phi) is 9.71. The van der Waals surface area contributed by atoms with Crippen molar-refractivity contribution in [1.82, 2.24) is 10.0 Å². The number of amides is 1. The molecule has 0 aliphatic carbocycles. The minimum absolute atomic E-state index is 0.354. The molecule has 30 heavy (non-hydrogen) atoms. The van der Waals surface area contributed by atoms with Gasteiger partial charge >= 0.3 is 0 Å². The third-order valence-corrected chi connectivity index (χ3v) is 6.57. The van der Waals surface area contributed by atoms with E-state index in [1.807, 2.05) is 24.5 Å². The molecule has 0 spiro atoms. The zero-order valence-electron chi connectivity index (χ0n) is 16.6. The molecular formula is C21H24Cl2N2O3S2. The molecule has 2 unspecified atom stereocenters. The minimum atomic E-state index is -3.81. The lowest BCUT2D eigenvalue weighted by Crippen LogP contribution is -2.47. The van der Waals surface area contributed by atoms with Gasteiger partial charge in [0.15, 0.2) is 0 Å². The summed E-state index contributed by atoms with van der Waals surface area (Å²) in [5.41, 5.74) is 1.45. The summed E-state index contributed by atoms with van der Waals surface area (Å²) >= 11 is 13.7. The van der Waals surface area contributed by atoms with Gasteiger partial charge in [-0.3, -0.25) is 4.79 Å². The molecule has 2 aromatic rings. The molecule has 0 heterocycles. The Morgan fingerprint density at radius 2 is 1.87 bits per heavy atom. The Labute approximate surface area is 192 Å². The number of carbonyl (C=O) groups excluding carboxylic acids is 1. The standard InChI is InChI=1S/C21H24Cl2N2O3S2/c1-15(18-9-8-17(22)14-19(18)23)24-21(26)20(10-12-29-2)25-30(27,28)13-11-16-6-4-3-5-7-16/h3-9,11,13-15,20,25H,10,12H2,1-2H3,(H,24,26)/b13-11+. The fourth-order valence-corrected chi connectivity index (χ4v) is 4.77. The Morgan fingerprint density at radius 3 is 2.50 bits per heavy atom. The molecule has 162 valence electrons. The van der Waals surface area contributed by atoms with Gasteiger partial charge in [-0.15, -0.1) is 0 Å². The maximum absolute atomic E-state index is 12.8. The average Bonchev–Trinajstić information content (AvgIpc) is 2.70. The molecule has 0 aliphatic rings. The highest BCUT2D eigenvalue weighted by Gasteiger charge is 2.25. The van der Waals surface area contributed by atoms with Crippen LogP contribution in [0.25, 0.3) is 6.08 Å². The first-order chi connectivity index (χ1) is 14.2. The smallest absolute Gasteiger partial charge is 0.238 e. The number of benzene rings is 2. The van der Waals surface area contributed by atoms with Crippen LogP contribution in [0.3, 0.4) is 0 Å². The van der Waals surface area contributed by atoms with Gasteiger partial charge in [0.1, 0.15) is 6.04 Å². The van der Waals surface area contributed by atoms with Gasteiger partial charge in [-0.05, 0) is 54.7 Å². The van der Waals surface area contributed by atoms with Crippen molar-refractivity contribution in [1.29, 1.82) is 0 Å². The zero-order valence-corrected chi connectivity index (χ0v) is 19.8. The first-order valence-corrected chi connectivity index (χ1v) is 12.9. The van der Waals surface area contributed by atoms with Crippen molar-refractivity contribution < 1.29 is 13.2 Å².